The van der Waals surface area contributed by atoms with Crippen LogP contribution < -0.4 is 9.80 Å². The van der Waals surface area contributed by atoms with E-state index in [0.29, 0.717) is 0 Å². The van der Waals surface area contributed by atoms with Crippen LogP contribution in [0.2, 0.25) is 0 Å². The first-order chi connectivity index (χ1) is 13.3. The van der Waals surface area contributed by atoms with Gasteiger partial charge in [0.1, 0.15) is 0 Å². The van der Waals surface area contributed by atoms with Crippen LogP contribution in [-0.2, 0) is 18.2 Å². The van der Waals surface area contributed by atoms with Crippen LogP contribution in [-0.4, -0.2) is 13.1 Å². The minimum atomic E-state index is 0.952. The summed E-state index contributed by atoms with van der Waals surface area (Å²) < 4.78 is 0. The maximum atomic E-state index is 4.49. The van der Waals surface area contributed by atoms with Crippen LogP contribution in [0.25, 0.3) is 0 Å². The van der Waals surface area contributed by atoms with Crippen molar-refractivity contribution in [2.45, 2.75) is 41.5 Å². The molecule has 0 radical (unpaired) electrons. The fourth-order valence-corrected chi connectivity index (χ4v) is 4.44. The SMILES string of the molecule is [CH2-]C=C=C1N(c2c(C)cc(C)cc2C)CCN1c1c(C)cc(C)cc1C.[Cl][Pd+]. The summed E-state index contributed by atoms with van der Waals surface area (Å²) in [5.74, 6) is 1.09. The summed E-state index contributed by atoms with van der Waals surface area (Å²) in [4.78, 5) is 4.79. The molecule has 28 heavy (non-hydrogen) atoms. The van der Waals surface area contributed by atoms with Gasteiger partial charge in [0, 0.05) is 24.5 Å². The van der Waals surface area contributed by atoms with E-state index in [4.69, 9.17) is 0 Å². The topological polar surface area (TPSA) is 6.48 Å². The van der Waals surface area contributed by atoms with Crippen LogP contribution in [0.3, 0.4) is 0 Å². The molecule has 1 fully saturated rings. The zero-order valence-corrected chi connectivity index (χ0v) is 19.9. The zero-order valence-electron chi connectivity index (χ0n) is 17.6. The quantitative estimate of drug-likeness (QED) is 0.276. The first-order valence-electron chi connectivity index (χ1n) is 9.40. The molecule has 0 aliphatic carbocycles. The molecule has 3 rings (SSSR count). The average Bonchev–Trinajstić information content (AvgIpc) is 2.99. The zero-order chi connectivity index (χ0) is 21.0. The molecule has 1 aliphatic rings. The number of rotatable bonds is 2. The molecule has 0 amide bonds. The molecule has 1 heterocycles. The number of benzene rings is 2. The Labute approximate surface area is 185 Å². The van der Waals surface area contributed by atoms with E-state index >= 15 is 0 Å². The van der Waals surface area contributed by atoms with Crippen molar-refractivity contribution in [1.82, 2.24) is 0 Å². The predicted octanol–water partition coefficient (Wildman–Crippen LogP) is 6.38. The van der Waals surface area contributed by atoms with Crippen molar-refractivity contribution >= 4 is 20.9 Å². The number of hydrogen-bond acceptors (Lipinski definition) is 2. The monoisotopic (exact) mass is 486 g/mol. The van der Waals surface area contributed by atoms with Gasteiger partial charge < -0.3 is 15.5 Å². The van der Waals surface area contributed by atoms with Crippen molar-refractivity contribution in [3.05, 3.63) is 82.2 Å². The van der Waals surface area contributed by atoms with Crippen molar-refractivity contribution in [1.29, 1.82) is 0 Å². The summed E-state index contributed by atoms with van der Waals surface area (Å²) >= 11 is 2.22. The summed E-state index contributed by atoms with van der Waals surface area (Å²) in [6, 6.07) is 9.05. The van der Waals surface area contributed by atoms with Gasteiger partial charge in [0.05, 0.1) is 5.82 Å². The van der Waals surface area contributed by atoms with E-state index in [-0.39, 0.29) is 0 Å². The van der Waals surface area contributed by atoms with Crippen LogP contribution in [0.1, 0.15) is 33.4 Å². The second kappa shape index (κ2) is 9.73. The van der Waals surface area contributed by atoms with Crippen molar-refractivity contribution in [3.8, 4) is 0 Å². The standard InChI is InChI=1S/C24H29N2.ClH.Pd/c1-8-9-22-25(23-18(4)12-16(2)13-19(23)5)10-11-26(22)24-20(6)14-17(3)15-21(24)7;;/h8,12-15H,1,10-11H2,2-7H3;1H;/q-1;;+2/p-1. The third kappa shape index (κ3) is 4.51. The predicted molar refractivity (Wildman–Crippen MR) is 119 cm³/mol. The van der Waals surface area contributed by atoms with Crippen LogP contribution in [0.5, 0.6) is 0 Å². The summed E-state index contributed by atoms with van der Waals surface area (Å²) in [5, 5.41) is 0. The van der Waals surface area contributed by atoms with Crippen LogP contribution in [0.4, 0.5) is 11.4 Å². The second-order valence-electron chi connectivity index (χ2n) is 7.47. The van der Waals surface area contributed by atoms with Gasteiger partial charge >= 0.3 is 27.7 Å². The fraction of sp³-hybridized carbons (Fsp3) is 0.333. The first kappa shape index (κ1) is 22.7. The third-order valence-corrected chi connectivity index (χ3v) is 5.10. The molecular weight excluding hydrogens is 458 g/mol. The summed E-state index contributed by atoms with van der Waals surface area (Å²) in [5.41, 5.74) is 13.9. The molecule has 0 bridgehead atoms. The molecule has 2 nitrogen and oxygen atoms in total. The fourth-order valence-electron chi connectivity index (χ4n) is 4.44. The van der Waals surface area contributed by atoms with E-state index in [0.717, 1.165) is 18.9 Å². The number of anilines is 2. The Kier molecular flexibility index (Phi) is 7.88. The average molecular weight is 487 g/mol. The molecule has 0 atom stereocenters. The van der Waals surface area contributed by atoms with Crippen molar-refractivity contribution in [2.24, 2.45) is 0 Å². The van der Waals surface area contributed by atoms with Crippen molar-refractivity contribution < 1.29 is 18.2 Å². The molecule has 1 aliphatic heterocycles. The third-order valence-electron chi connectivity index (χ3n) is 5.10. The normalized spacial score (nSPS) is 13.2. The molecule has 4 heteroatoms. The van der Waals surface area contributed by atoms with Gasteiger partial charge in [0.25, 0.3) is 0 Å². The molecule has 0 aromatic heterocycles. The summed E-state index contributed by atoms with van der Waals surface area (Å²) in [7, 11) is 4.49. The van der Waals surface area contributed by atoms with Crippen LogP contribution >= 0.6 is 9.53 Å². The Balaban J connectivity index is 0.00000136. The molecule has 1 saturated heterocycles. The number of hydrogen-bond donors (Lipinski definition) is 0. The van der Waals surface area contributed by atoms with Crippen LogP contribution in [0.15, 0.2) is 41.9 Å². The Morgan fingerprint density at radius 1 is 0.786 bits per heavy atom. The summed E-state index contributed by atoms with van der Waals surface area (Å²) in [6.45, 7) is 18.9. The van der Waals surface area contributed by atoms with Gasteiger partial charge in [-0.15, -0.1) is 0 Å². The van der Waals surface area contributed by atoms with Gasteiger partial charge in [0.15, 0.2) is 0 Å². The Morgan fingerprint density at radius 3 is 1.39 bits per heavy atom. The van der Waals surface area contributed by atoms with E-state index in [2.05, 4.69) is 116 Å². The molecular formula is C24H29ClN2Pd. The van der Waals surface area contributed by atoms with Gasteiger partial charge in [-0.1, -0.05) is 35.4 Å². The number of nitrogens with zero attached hydrogens (tertiary/aromatic N) is 2. The molecule has 0 unspecified atom stereocenters. The van der Waals surface area contributed by atoms with Crippen LogP contribution in [0, 0.1) is 48.5 Å². The molecule has 0 spiro atoms. The Bertz CT molecular complexity index is 813. The summed E-state index contributed by atoms with van der Waals surface area (Å²) in [6.07, 6.45) is 1.78. The van der Waals surface area contributed by atoms with E-state index in [1.807, 2.05) is 0 Å². The van der Waals surface area contributed by atoms with E-state index in [1.165, 1.54) is 44.8 Å². The van der Waals surface area contributed by atoms with E-state index in [1.54, 1.807) is 6.08 Å². The van der Waals surface area contributed by atoms with E-state index < -0.39 is 0 Å². The minimum absolute atomic E-state index is 0.952. The Morgan fingerprint density at radius 2 is 1.11 bits per heavy atom. The first-order valence-corrected chi connectivity index (χ1v) is 11.4. The van der Waals surface area contributed by atoms with Gasteiger partial charge in [-0.3, -0.25) is 0 Å². The second-order valence-corrected chi connectivity index (χ2v) is 7.47. The van der Waals surface area contributed by atoms with Gasteiger partial charge in [-0.05, 0) is 63.8 Å². The number of halogens is 1. The Hall–Kier alpha value is -1.62. The number of aryl methyl sites for hydroxylation is 6. The van der Waals surface area contributed by atoms with Gasteiger partial charge in [-0.25, -0.2) is 13.0 Å². The molecule has 152 valence electrons. The molecule has 2 aromatic rings. The van der Waals surface area contributed by atoms with Crippen molar-refractivity contribution in [3.63, 3.8) is 0 Å². The number of allylic oxidation sites excluding steroid dienone is 1. The van der Waals surface area contributed by atoms with Gasteiger partial charge in [-0.2, -0.15) is 0 Å². The van der Waals surface area contributed by atoms with Gasteiger partial charge in [0.2, 0.25) is 0 Å². The molecule has 0 saturated carbocycles. The molecule has 0 N–H and O–H groups in total. The van der Waals surface area contributed by atoms with E-state index in [9.17, 15) is 0 Å². The maximum absolute atomic E-state index is 4.49. The van der Waals surface area contributed by atoms with Crippen molar-refractivity contribution in [2.75, 3.05) is 22.9 Å². The molecule has 2 aromatic carbocycles.